The monoisotopic (exact) mass is 389 g/mol. The van der Waals surface area contributed by atoms with Gasteiger partial charge in [-0.1, -0.05) is 17.7 Å². The van der Waals surface area contributed by atoms with Gasteiger partial charge >= 0.3 is 0 Å². The van der Waals surface area contributed by atoms with Gasteiger partial charge in [0.05, 0.1) is 10.6 Å². The quantitative estimate of drug-likeness (QED) is 0.711. The minimum absolute atomic E-state index is 0.241. The van der Waals surface area contributed by atoms with Crippen LogP contribution in [0.25, 0.3) is 0 Å². The second kappa shape index (κ2) is 9.01. The molecule has 0 spiro atoms. The van der Waals surface area contributed by atoms with Crippen LogP contribution in [0, 0.1) is 13.8 Å². The van der Waals surface area contributed by atoms with Gasteiger partial charge in [-0.25, -0.2) is 0 Å². The number of halogens is 1. The largest absolute Gasteiger partial charge is 0.372 e. The second-order valence-corrected chi connectivity index (χ2v) is 6.88. The van der Waals surface area contributed by atoms with Gasteiger partial charge in [-0.2, -0.15) is 0 Å². The van der Waals surface area contributed by atoms with Crippen molar-refractivity contribution in [3.8, 4) is 0 Å². The van der Waals surface area contributed by atoms with E-state index in [1.807, 2.05) is 32.0 Å². The number of nitrogens with zero attached hydrogens (tertiary/aromatic N) is 1. The average molecular weight is 390 g/mol. The third-order valence-corrected chi connectivity index (χ3v) is 4.70. The maximum Gasteiger partial charge on any atom is 0.258 e. The van der Waals surface area contributed by atoms with Gasteiger partial charge in [-0.15, -0.1) is 0 Å². The number of carbonyl (C=O) groups is 1. The van der Waals surface area contributed by atoms with Gasteiger partial charge < -0.3 is 10.2 Å². The number of amides is 1. The number of aryl methyl sites for hydroxylation is 2. The second-order valence-electron chi connectivity index (χ2n) is 6.06. The van der Waals surface area contributed by atoms with Crippen LogP contribution in [0.2, 0.25) is 5.02 Å². The van der Waals surface area contributed by atoms with Gasteiger partial charge in [0.15, 0.2) is 5.11 Å². The van der Waals surface area contributed by atoms with Gasteiger partial charge in [0, 0.05) is 24.5 Å². The summed E-state index contributed by atoms with van der Waals surface area (Å²) in [5.41, 5.74) is 4.48. The summed E-state index contributed by atoms with van der Waals surface area (Å²) in [4.78, 5) is 14.6. The zero-order valence-corrected chi connectivity index (χ0v) is 17.1. The van der Waals surface area contributed by atoms with E-state index in [0.717, 1.165) is 29.9 Å². The highest BCUT2D eigenvalue weighted by Gasteiger charge is 2.13. The molecule has 0 bridgehead atoms. The Hall–Kier alpha value is -2.11. The van der Waals surface area contributed by atoms with Crippen molar-refractivity contribution >= 4 is 46.2 Å². The molecule has 0 aliphatic carbocycles. The molecule has 0 radical (unpaired) electrons. The van der Waals surface area contributed by atoms with E-state index in [9.17, 15) is 4.79 Å². The van der Waals surface area contributed by atoms with Crippen molar-refractivity contribution in [1.82, 2.24) is 5.32 Å². The van der Waals surface area contributed by atoms with E-state index < -0.39 is 0 Å². The maximum atomic E-state index is 12.4. The molecule has 26 heavy (non-hydrogen) atoms. The zero-order valence-electron chi connectivity index (χ0n) is 15.5. The van der Waals surface area contributed by atoms with Crippen molar-refractivity contribution in [3.05, 3.63) is 58.1 Å². The molecule has 0 unspecified atom stereocenters. The van der Waals surface area contributed by atoms with Crippen LogP contribution in [-0.2, 0) is 0 Å². The van der Waals surface area contributed by atoms with E-state index in [0.29, 0.717) is 10.6 Å². The fourth-order valence-corrected chi connectivity index (χ4v) is 3.23. The summed E-state index contributed by atoms with van der Waals surface area (Å²) in [6, 6.07) is 11.4. The van der Waals surface area contributed by atoms with Crippen LogP contribution in [0.15, 0.2) is 36.4 Å². The third-order valence-electron chi connectivity index (χ3n) is 4.18. The van der Waals surface area contributed by atoms with Crippen LogP contribution in [0.3, 0.4) is 0 Å². The number of anilines is 2. The normalized spacial score (nSPS) is 10.3. The standard InChI is InChI=1S/C20H24ClN3OS/c1-5-24(6-2)15-8-10-18(14(4)12-15)22-20(26)23-19(25)16-9-7-13(3)11-17(16)21/h7-12H,5-6H2,1-4H3,(H2,22,23,25,26). The van der Waals surface area contributed by atoms with Crippen molar-refractivity contribution in [2.45, 2.75) is 27.7 Å². The number of carbonyl (C=O) groups excluding carboxylic acids is 1. The first-order chi connectivity index (χ1) is 12.3. The number of rotatable bonds is 5. The molecule has 4 nitrogen and oxygen atoms in total. The zero-order chi connectivity index (χ0) is 19.3. The summed E-state index contributed by atoms with van der Waals surface area (Å²) in [5, 5.41) is 6.41. The molecule has 0 aliphatic heterocycles. The third kappa shape index (κ3) is 4.96. The molecule has 0 fully saturated rings. The lowest BCUT2D eigenvalue weighted by Crippen LogP contribution is -2.34. The molecule has 0 aromatic heterocycles. The van der Waals surface area contributed by atoms with E-state index in [1.165, 1.54) is 5.69 Å². The van der Waals surface area contributed by atoms with E-state index >= 15 is 0 Å². The Labute approximate surface area is 165 Å². The van der Waals surface area contributed by atoms with Crippen LogP contribution in [-0.4, -0.2) is 24.1 Å². The Balaban J connectivity index is 2.06. The number of benzene rings is 2. The lowest BCUT2D eigenvalue weighted by Gasteiger charge is -2.22. The molecule has 0 saturated heterocycles. The van der Waals surface area contributed by atoms with Crippen molar-refractivity contribution in [3.63, 3.8) is 0 Å². The molecule has 2 N–H and O–H groups in total. The van der Waals surface area contributed by atoms with Crippen LogP contribution < -0.4 is 15.5 Å². The van der Waals surface area contributed by atoms with Crippen LogP contribution >= 0.6 is 23.8 Å². The van der Waals surface area contributed by atoms with Gasteiger partial charge in [0.25, 0.3) is 5.91 Å². The summed E-state index contributed by atoms with van der Waals surface area (Å²) < 4.78 is 0. The first-order valence-electron chi connectivity index (χ1n) is 8.59. The molecule has 1 amide bonds. The van der Waals surface area contributed by atoms with Gasteiger partial charge in [0.2, 0.25) is 0 Å². The Morgan fingerprint density at radius 2 is 1.81 bits per heavy atom. The maximum absolute atomic E-state index is 12.4. The van der Waals surface area contributed by atoms with Crippen molar-refractivity contribution < 1.29 is 4.79 Å². The van der Waals surface area contributed by atoms with Crippen LogP contribution in [0.1, 0.15) is 35.3 Å². The van der Waals surface area contributed by atoms with Crippen LogP contribution in [0.4, 0.5) is 11.4 Å². The molecular formula is C20H24ClN3OS. The summed E-state index contributed by atoms with van der Waals surface area (Å²) >= 11 is 11.4. The SMILES string of the molecule is CCN(CC)c1ccc(NC(=S)NC(=O)c2ccc(C)cc2Cl)c(C)c1. The molecule has 2 aromatic rings. The summed E-state index contributed by atoms with van der Waals surface area (Å²) in [5.74, 6) is -0.329. The predicted octanol–water partition coefficient (Wildman–Crippen LogP) is 4.93. The summed E-state index contributed by atoms with van der Waals surface area (Å²) in [6.45, 7) is 10.1. The van der Waals surface area contributed by atoms with Crippen molar-refractivity contribution in [2.75, 3.05) is 23.3 Å². The highest BCUT2D eigenvalue weighted by Crippen LogP contribution is 2.23. The summed E-state index contributed by atoms with van der Waals surface area (Å²) in [7, 11) is 0. The van der Waals surface area contributed by atoms with Gasteiger partial charge in [-0.3, -0.25) is 10.1 Å². The summed E-state index contributed by atoms with van der Waals surface area (Å²) in [6.07, 6.45) is 0. The molecule has 0 heterocycles. The van der Waals surface area contributed by atoms with Gasteiger partial charge in [-0.05, 0) is 81.4 Å². The number of nitrogens with one attached hydrogen (secondary N) is 2. The van der Waals surface area contributed by atoms with Crippen molar-refractivity contribution in [1.29, 1.82) is 0 Å². The fraction of sp³-hybridized carbons (Fsp3) is 0.300. The number of hydrogen-bond acceptors (Lipinski definition) is 3. The lowest BCUT2D eigenvalue weighted by molar-refractivity contribution is 0.0978. The number of thiocarbonyl (C=S) groups is 1. The fourth-order valence-electron chi connectivity index (χ4n) is 2.70. The first-order valence-corrected chi connectivity index (χ1v) is 9.38. The van der Waals surface area contributed by atoms with Crippen LogP contribution in [0.5, 0.6) is 0 Å². The van der Waals surface area contributed by atoms with E-state index in [4.69, 9.17) is 23.8 Å². The Morgan fingerprint density at radius 1 is 1.12 bits per heavy atom. The van der Waals surface area contributed by atoms with E-state index in [1.54, 1.807) is 12.1 Å². The molecule has 0 saturated carbocycles. The minimum atomic E-state index is -0.329. The molecule has 0 aliphatic rings. The highest BCUT2D eigenvalue weighted by molar-refractivity contribution is 7.80. The molecule has 0 atom stereocenters. The predicted molar refractivity (Wildman–Crippen MR) is 115 cm³/mol. The lowest BCUT2D eigenvalue weighted by atomic mass is 10.1. The van der Waals surface area contributed by atoms with Gasteiger partial charge in [0.1, 0.15) is 0 Å². The topological polar surface area (TPSA) is 44.4 Å². The molecular weight excluding hydrogens is 366 g/mol. The smallest absolute Gasteiger partial charge is 0.258 e. The molecule has 138 valence electrons. The Morgan fingerprint density at radius 3 is 2.38 bits per heavy atom. The number of hydrogen-bond donors (Lipinski definition) is 2. The first kappa shape index (κ1) is 20.2. The Bertz CT molecular complexity index is 819. The highest BCUT2D eigenvalue weighted by atomic mass is 35.5. The molecule has 2 aromatic carbocycles. The van der Waals surface area contributed by atoms with E-state index in [-0.39, 0.29) is 11.0 Å². The minimum Gasteiger partial charge on any atom is -0.372 e. The average Bonchev–Trinajstić information content (AvgIpc) is 2.58. The van der Waals surface area contributed by atoms with Crippen molar-refractivity contribution in [2.24, 2.45) is 0 Å². The Kier molecular flexibility index (Phi) is 7.00. The van der Waals surface area contributed by atoms with E-state index in [2.05, 4.69) is 35.4 Å². The molecule has 6 heteroatoms. The molecule has 2 rings (SSSR count).